The number of ether oxygens (including phenoxy) is 1. The van der Waals surface area contributed by atoms with Gasteiger partial charge in [-0.15, -0.1) is 11.3 Å². The molecule has 154 valence electrons. The van der Waals surface area contributed by atoms with Crippen LogP contribution in [-0.4, -0.2) is 44.9 Å². The third-order valence-corrected chi connectivity index (χ3v) is 8.27. The normalized spacial score (nSPS) is 19.6. The summed E-state index contributed by atoms with van der Waals surface area (Å²) < 4.78 is 28.7. The van der Waals surface area contributed by atoms with Crippen LogP contribution in [-0.2, 0) is 22.7 Å². The van der Waals surface area contributed by atoms with E-state index in [0.717, 1.165) is 29.7 Å². The van der Waals surface area contributed by atoms with Gasteiger partial charge in [0.25, 0.3) is 11.8 Å². The topological polar surface area (TPSA) is 102 Å². The van der Waals surface area contributed by atoms with Gasteiger partial charge in [0.2, 0.25) is 0 Å². The number of para-hydroxylation sites is 1. The van der Waals surface area contributed by atoms with E-state index in [9.17, 15) is 18.0 Å². The first kappa shape index (κ1) is 19.9. The van der Waals surface area contributed by atoms with Gasteiger partial charge in [-0.2, -0.15) is 0 Å². The molecule has 7 nitrogen and oxygen atoms in total. The van der Waals surface area contributed by atoms with E-state index in [1.807, 2.05) is 0 Å². The second kappa shape index (κ2) is 7.79. The van der Waals surface area contributed by atoms with E-state index in [4.69, 9.17) is 4.74 Å². The van der Waals surface area contributed by atoms with Crippen molar-refractivity contribution in [3.05, 3.63) is 45.8 Å². The molecule has 4 rings (SSSR count). The molecule has 1 aliphatic carbocycles. The molecule has 1 saturated heterocycles. The Balaban J connectivity index is 1.60. The molecule has 2 aliphatic rings. The summed E-state index contributed by atoms with van der Waals surface area (Å²) >= 11 is 1.42. The number of benzene rings is 1. The fourth-order valence-corrected chi connectivity index (χ4v) is 6.86. The lowest BCUT2D eigenvalue weighted by atomic mass is 10.1. The van der Waals surface area contributed by atoms with Gasteiger partial charge in [-0.3, -0.25) is 9.59 Å². The first-order valence-electron chi connectivity index (χ1n) is 9.48. The van der Waals surface area contributed by atoms with Gasteiger partial charge in [0.1, 0.15) is 10.8 Å². The van der Waals surface area contributed by atoms with Gasteiger partial charge >= 0.3 is 0 Å². The predicted octanol–water partition coefficient (Wildman–Crippen LogP) is 2.41. The van der Waals surface area contributed by atoms with E-state index in [-0.39, 0.29) is 29.4 Å². The van der Waals surface area contributed by atoms with Gasteiger partial charge in [0, 0.05) is 10.9 Å². The highest BCUT2D eigenvalue weighted by Crippen LogP contribution is 2.39. The van der Waals surface area contributed by atoms with Gasteiger partial charge in [-0.25, -0.2) is 8.42 Å². The third kappa shape index (κ3) is 4.02. The molecule has 1 fully saturated rings. The van der Waals surface area contributed by atoms with Crippen LogP contribution in [0, 0.1) is 0 Å². The van der Waals surface area contributed by atoms with Crippen LogP contribution in [0.15, 0.2) is 24.3 Å². The molecule has 2 heterocycles. The molecule has 0 bridgehead atoms. The quantitative estimate of drug-likeness (QED) is 0.753. The number of fused-ring (bicyclic) bond motifs is 1. The highest BCUT2D eigenvalue weighted by atomic mass is 32.2. The highest BCUT2D eigenvalue weighted by Gasteiger charge is 2.33. The molecular formula is C20H22N2O5S2. The lowest BCUT2D eigenvalue weighted by molar-refractivity contribution is 0.0941. The van der Waals surface area contributed by atoms with Crippen LogP contribution in [0.4, 0.5) is 5.00 Å². The molecule has 1 unspecified atom stereocenters. The molecule has 0 radical (unpaired) electrons. The minimum atomic E-state index is -3.09. The van der Waals surface area contributed by atoms with Gasteiger partial charge in [-0.05, 0) is 43.4 Å². The van der Waals surface area contributed by atoms with Crippen LogP contribution in [0.1, 0.15) is 44.0 Å². The van der Waals surface area contributed by atoms with Crippen molar-refractivity contribution in [2.45, 2.75) is 31.7 Å². The summed E-state index contributed by atoms with van der Waals surface area (Å²) in [6, 6.07) is 6.52. The van der Waals surface area contributed by atoms with Crippen molar-refractivity contribution in [1.29, 1.82) is 0 Å². The highest BCUT2D eigenvalue weighted by molar-refractivity contribution is 7.91. The van der Waals surface area contributed by atoms with Crippen molar-refractivity contribution < 1.29 is 22.7 Å². The number of thiophene rings is 1. The molecule has 9 heteroatoms. The maximum absolute atomic E-state index is 13.0. The number of carbonyl (C=O) groups excluding carboxylic acids is 2. The monoisotopic (exact) mass is 434 g/mol. The Morgan fingerprint density at radius 1 is 1.17 bits per heavy atom. The largest absolute Gasteiger partial charge is 0.496 e. The second-order valence-corrected chi connectivity index (χ2v) is 10.6. The maximum Gasteiger partial charge on any atom is 0.260 e. The molecule has 1 aromatic heterocycles. The van der Waals surface area contributed by atoms with Crippen molar-refractivity contribution in [3.63, 3.8) is 0 Å². The van der Waals surface area contributed by atoms with Crippen molar-refractivity contribution in [2.75, 3.05) is 23.9 Å². The average Bonchev–Trinajstić information content (AvgIpc) is 3.35. The summed E-state index contributed by atoms with van der Waals surface area (Å²) in [6.45, 7) is 0. The van der Waals surface area contributed by atoms with E-state index >= 15 is 0 Å². The van der Waals surface area contributed by atoms with Gasteiger partial charge in [-0.1, -0.05) is 12.1 Å². The Hall–Kier alpha value is -2.39. The zero-order valence-electron chi connectivity index (χ0n) is 16.0. The molecule has 0 saturated carbocycles. The van der Waals surface area contributed by atoms with Crippen LogP contribution >= 0.6 is 11.3 Å². The van der Waals surface area contributed by atoms with E-state index < -0.39 is 9.84 Å². The van der Waals surface area contributed by atoms with E-state index in [0.29, 0.717) is 28.3 Å². The molecule has 2 aromatic rings. The number of amides is 2. The van der Waals surface area contributed by atoms with Crippen molar-refractivity contribution in [1.82, 2.24) is 5.32 Å². The number of hydrogen-bond acceptors (Lipinski definition) is 6. The van der Waals surface area contributed by atoms with E-state index in [1.165, 1.54) is 18.4 Å². The standard InChI is InChI=1S/C20H22N2O5S2/c1-27-15-7-3-2-5-13(15)18(23)22-20-17(14-6-4-8-16(14)28-20)19(24)21-12-9-10-29(25,26)11-12/h2-3,5,7,12H,4,6,8-11H2,1H3,(H,21,24)(H,22,23). The minimum Gasteiger partial charge on any atom is -0.496 e. The summed E-state index contributed by atoms with van der Waals surface area (Å²) in [7, 11) is -1.59. The Kier molecular flexibility index (Phi) is 5.35. The van der Waals surface area contributed by atoms with Crippen LogP contribution < -0.4 is 15.4 Å². The summed E-state index contributed by atoms with van der Waals surface area (Å²) in [5, 5.41) is 6.23. The van der Waals surface area contributed by atoms with Gasteiger partial charge < -0.3 is 15.4 Å². The number of nitrogens with one attached hydrogen (secondary N) is 2. The molecule has 29 heavy (non-hydrogen) atoms. The molecule has 2 amide bonds. The Labute approximate surface area is 173 Å². The first-order chi connectivity index (χ1) is 13.9. The van der Waals surface area contributed by atoms with Crippen LogP contribution in [0.3, 0.4) is 0 Å². The van der Waals surface area contributed by atoms with Crippen LogP contribution in [0.2, 0.25) is 0 Å². The first-order valence-corrected chi connectivity index (χ1v) is 12.1. The predicted molar refractivity (Wildman–Crippen MR) is 112 cm³/mol. The fourth-order valence-electron chi connectivity index (χ4n) is 3.90. The lowest BCUT2D eigenvalue weighted by Gasteiger charge is -2.14. The Morgan fingerprint density at radius 2 is 1.97 bits per heavy atom. The number of anilines is 1. The average molecular weight is 435 g/mol. The van der Waals surface area contributed by atoms with Gasteiger partial charge in [0.05, 0.1) is 29.7 Å². The van der Waals surface area contributed by atoms with E-state index in [2.05, 4.69) is 10.6 Å². The summed E-state index contributed by atoms with van der Waals surface area (Å²) in [4.78, 5) is 27.0. The molecular weight excluding hydrogens is 412 g/mol. The third-order valence-electron chi connectivity index (χ3n) is 5.29. The number of aryl methyl sites for hydroxylation is 1. The van der Waals surface area contributed by atoms with Crippen molar-refractivity contribution in [2.24, 2.45) is 0 Å². The number of carbonyl (C=O) groups is 2. The Bertz CT molecular complexity index is 1070. The molecule has 1 aliphatic heterocycles. The number of methoxy groups -OCH3 is 1. The molecule has 1 atom stereocenters. The zero-order chi connectivity index (χ0) is 20.6. The maximum atomic E-state index is 13.0. The zero-order valence-corrected chi connectivity index (χ0v) is 17.6. The summed E-state index contributed by atoms with van der Waals surface area (Å²) in [6.07, 6.45) is 3.05. The smallest absolute Gasteiger partial charge is 0.260 e. The SMILES string of the molecule is COc1ccccc1C(=O)Nc1sc2c(c1C(=O)NC1CCS(=O)(=O)C1)CCC2. The molecule has 0 spiro atoms. The molecule has 2 N–H and O–H groups in total. The second-order valence-electron chi connectivity index (χ2n) is 7.29. The number of rotatable bonds is 5. The fraction of sp³-hybridized carbons (Fsp3) is 0.400. The lowest BCUT2D eigenvalue weighted by Crippen LogP contribution is -2.36. The van der Waals surface area contributed by atoms with Crippen molar-refractivity contribution in [3.8, 4) is 5.75 Å². The van der Waals surface area contributed by atoms with Crippen LogP contribution in [0.5, 0.6) is 5.75 Å². The Morgan fingerprint density at radius 3 is 2.69 bits per heavy atom. The van der Waals surface area contributed by atoms with Crippen LogP contribution in [0.25, 0.3) is 0 Å². The summed E-state index contributed by atoms with van der Waals surface area (Å²) in [5.74, 6) is -0.150. The number of hydrogen-bond donors (Lipinski definition) is 2. The minimum absolute atomic E-state index is 0.0338. The van der Waals surface area contributed by atoms with E-state index in [1.54, 1.807) is 24.3 Å². The van der Waals surface area contributed by atoms with Gasteiger partial charge in [0.15, 0.2) is 9.84 Å². The van der Waals surface area contributed by atoms with Crippen molar-refractivity contribution >= 4 is 38.0 Å². The number of sulfone groups is 1. The summed E-state index contributed by atoms with van der Waals surface area (Å²) in [5.41, 5.74) is 1.82. The molecule has 1 aromatic carbocycles.